The molecule has 1 N–H and O–H groups in total. The Morgan fingerprint density at radius 1 is 0.757 bits per heavy atom. The van der Waals surface area contributed by atoms with E-state index < -0.39 is 11.8 Å². The van der Waals surface area contributed by atoms with Crippen LogP contribution in [0, 0.1) is 23.7 Å². The number of benzene rings is 3. The van der Waals surface area contributed by atoms with Crippen LogP contribution in [0.3, 0.4) is 0 Å². The van der Waals surface area contributed by atoms with Crippen LogP contribution >= 0.6 is 0 Å². The average Bonchev–Trinajstić information content (AvgIpc) is 2.93. The molecule has 0 bridgehead atoms. The van der Waals surface area contributed by atoms with Crippen LogP contribution in [0.15, 0.2) is 109 Å². The highest BCUT2D eigenvalue weighted by atomic mass is 16.5. The highest BCUT2D eigenvalue weighted by molar-refractivity contribution is 6.02. The molecule has 0 aliphatic heterocycles. The molecule has 0 saturated heterocycles. The Kier molecular flexibility index (Phi) is 7.22. The Bertz CT molecular complexity index is 1380. The number of fused-ring (bicyclic) bond motifs is 1. The van der Waals surface area contributed by atoms with E-state index in [0.29, 0.717) is 5.69 Å². The van der Waals surface area contributed by atoms with E-state index in [-0.39, 0.29) is 23.7 Å². The number of nitrogens with zero attached hydrogens (tertiary/aromatic N) is 1. The third-order valence-electron chi connectivity index (χ3n) is 6.95. The molecule has 37 heavy (non-hydrogen) atoms. The Morgan fingerprint density at radius 2 is 1.35 bits per heavy atom. The van der Waals surface area contributed by atoms with Crippen LogP contribution in [-0.4, -0.2) is 24.0 Å². The maximum Gasteiger partial charge on any atom is 0.309 e. The number of carbonyl (C=O) groups is 2. The van der Waals surface area contributed by atoms with Gasteiger partial charge in [-0.15, -0.1) is 0 Å². The summed E-state index contributed by atoms with van der Waals surface area (Å²) in [5.41, 5.74) is 3.40. The van der Waals surface area contributed by atoms with Gasteiger partial charge in [-0.25, -0.2) is 0 Å². The van der Waals surface area contributed by atoms with Gasteiger partial charge in [0, 0.05) is 23.4 Å². The van der Waals surface area contributed by atoms with Crippen LogP contribution in [0.25, 0.3) is 23.1 Å². The molecule has 1 aliphatic rings. The zero-order chi connectivity index (χ0) is 25.6. The molecule has 5 nitrogen and oxygen atoms in total. The number of carbonyl (C=O) groups excluding carboxylic acids is 2. The Labute approximate surface area is 216 Å². The first-order valence-electron chi connectivity index (χ1n) is 12.3. The van der Waals surface area contributed by atoms with Crippen LogP contribution in [0.2, 0.25) is 0 Å². The standard InChI is InChI=1S/C32H28N2O3/c1-37-32(36)29-25(19-17-22-10-4-2-5-11-22)28(26(29)20-18-23-12-6-3-7-13-23)31(35)34-27-16-8-14-24-15-9-21-33-30(24)27/h2-21,25-26,28-29H,1H3,(H,34,35)/b19-17+,20-18+/t25-,26+,28?,29?. The molecule has 4 aromatic rings. The van der Waals surface area contributed by atoms with Crippen molar-refractivity contribution in [2.75, 3.05) is 12.4 Å². The molecule has 0 radical (unpaired) electrons. The number of aromatic nitrogens is 1. The van der Waals surface area contributed by atoms with Crippen LogP contribution in [0.4, 0.5) is 5.69 Å². The first-order chi connectivity index (χ1) is 18.2. The molecule has 1 saturated carbocycles. The molecule has 1 fully saturated rings. The van der Waals surface area contributed by atoms with Crippen LogP contribution in [0.1, 0.15) is 11.1 Å². The Morgan fingerprint density at radius 3 is 1.95 bits per heavy atom. The van der Waals surface area contributed by atoms with E-state index in [9.17, 15) is 9.59 Å². The smallest absolute Gasteiger partial charge is 0.309 e. The van der Waals surface area contributed by atoms with Crippen LogP contribution < -0.4 is 5.32 Å². The number of rotatable bonds is 7. The van der Waals surface area contributed by atoms with Crippen molar-refractivity contribution in [1.82, 2.24) is 4.98 Å². The summed E-state index contributed by atoms with van der Waals surface area (Å²) in [4.78, 5) is 31.2. The third kappa shape index (κ3) is 5.21. The lowest BCUT2D eigenvalue weighted by Gasteiger charge is -2.47. The molecular weight excluding hydrogens is 460 g/mol. The summed E-state index contributed by atoms with van der Waals surface area (Å²) in [7, 11) is 1.40. The summed E-state index contributed by atoms with van der Waals surface area (Å²) in [5.74, 6) is -2.03. The average molecular weight is 489 g/mol. The van der Waals surface area contributed by atoms with Gasteiger partial charge >= 0.3 is 5.97 Å². The number of esters is 1. The second-order valence-electron chi connectivity index (χ2n) is 9.14. The molecule has 1 aliphatic carbocycles. The third-order valence-corrected chi connectivity index (χ3v) is 6.95. The lowest BCUT2D eigenvalue weighted by atomic mass is 9.55. The molecule has 3 aromatic carbocycles. The predicted octanol–water partition coefficient (Wildman–Crippen LogP) is 6.25. The van der Waals surface area contributed by atoms with Crippen LogP contribution in [-0.2, 0) is 14.3 Å². The van der Waals surface area contributed by atoms with Gasteiger partial charge in [0.2, 0.25) is 5.91 Å². The van der Waals surface area contributed by atoms with Crippen molar-refractivity contribution in [3.63, 3.8) is 0 Å². The quantitative estimate of drug-likeness (QED) is 0.312. The molecule has 1 heterocycles. The summed E-state index contributed by atoms with van der Waals surface area (Å²) in [5, 5.41) is 4.05. The van der Waals surface area contributed by atoms with Gasteiger partial charge < -0.3 is 10.1 Å². The van der Waals surface area contributed by atoms with Gasteiger partial charge in [0.05, 0.1) is 30.1 Å². The Hall–Kier alpha value is -4.51. The summed E-state index contributed by atoms with van der Waals surface area (Å²) < 4.78 is 5.17. The minimum atomic E-state index is -0.466. The fraction of sp³-hybridized carbons (Fsp3) is 0.156. The first-order valence-corrected chi connectivity index (χ1v) is 12.3. The van der Waals surface area contributed by atoms with Gasteiger partial charge in [0.15, 0.2) is 0 Å². The number of anilines is 1. The second kappa shape index (κ2) is 11.0. The van der Waals surface area contributed by atoms with Crippen molar-refractivity contribution in [2.24, 2.45) is 23.7 Å². The maximum absolute atomic E-state index is 13.8. The lowest BCUT2D eigenvalue weighted by Crippen LogP contribution is -2.54. The first kappa shape index (κ1) is 24.2. The molecule has 5 rings (SSSR count). The normalized spacial score (nSPS) is 21.1. The van der Waals surface area contributed by atoms with Gasteiger partial charge in [0.25, 0.3) is 0 Å². The van der Waals surface area contributed by atoms with E-state index in [4.69, 9.17) is 4.74 Å². The van der Waals surface area contributed by atoms with Crippen molar-refractivity contribution in [2.45, 2.75) is 0 Å². The van der Waals surface area contributed by atoms with E-state index in [1.54, 1.807) is 6.20 Å². The summed E-state index contributed by atoms with van der Waals surface area (Å²) >= 11 is 0. The number of hydrogen-bond donors (Lipinski definition) is 1. The van der Waals surface area contributed by atoms with E-state index in [2.05, 4.69) is 10.3 Å². The van der Waals surface area contributed by atoms with E-state index >= 15 is 0 Å². The largest absolute Gasteiger partial charge is 0.469 e. The zero-order valence-corrected chi connectivity index (χ0v) is 20.5. The van der Waals surface area contributed by atoms with E-state index in [0.717, 1.165) is 22.0 Å². The number of amides is 1. The highest BCUT2D eigenvalue weighted by Crippen LogP contribution is 2.49. The monoisotopic (exact) mass is 488 g/mol. The number of methoxy groups -OCH3 is 1. The SMILES string of the molecule is COC(=O)C1[C@H](/C=C/c2ccccc2)C(C(=O)Nc2cccc3cccnc23)[C@@H]1/C=C/c1ccccc1. The lowest BCUT2D eigenvalue weighted by molar-refractivity contribution is -0.159. The van der Waals surface area contributed by atoms with Crippen molar-refractivity contribution in [3.8, 4) is 0 Å². The summed E-state index contributed by atoms with van der Waals surface area (Å²) in [6.45, 7) is 0. The molecule has 5 heteroatoms. The van der Waals surface area contributed by atoms with Gasteiger partial charge in [-0.2, -0.15) is 0 Å². The molecule has 1 aromatic heterocycles. The number of allylic oxidation sites excluding steroid dienone is 2. The van der Waals surface area contributed by atoms with Crippen LogP contribution in [0.5, 0.6) is 0 Å². The summed E-state index contributed by atoms with van der Waals surface area (Å²) in [6, 6.07) is 29.3. The number of nitrogens with one attached hydrogen (secondary N) is 1. The van der Waals surface area contributed by atoms with E-state index in [1.807, 2.05) is 115 Å². The van der Waals surface area contributed by atoms with Crippen molar-refractivity contribution in [3.05, 3.63) is 120 Å². The van der Waals surface area contributed by atoms with Gasteiger partial charge in [0.1, 0.15) is 0 Å². The highest BCUT2D eigenvalue weighted by Gasteiger charge is 2.55. The fourth-order valence-electron chi connectivity index (χ4n) is 5.09. The molecule has 1 amide bonds. The number of hydrogen-bond acceptors (Lipinski definition) is 4. The molecule has 0 spiro atoms. The predicted molar refractivity (Wildman–Crippen MR) is 147 cm³/mol. The number of pyridine rings is 1. The zero-order valence-electron chi connectivity index (χ0n) is 20.5. The number of para-hydroxylation sites is 1. The van der Waals surface area contributed by atoms with E-state index in [1.165, 1.54) is 7.11 Å². The van der Waals surface area contributed by atoms with Crippen molar-refractivity contribution < 1.29 is 14.3 Å². The minimum absolute atomic E-state index is 0.149. The van der Waals surface area contributed by atoms with Crippen molar-refractivity contribution in [1.29, 1.82) is 0 Å². The molecule has 4 atom stereocenters. The molecular formula is C32H28N2O3. The molecule has 184 valence electrons. The topological polar surface area (TPSA) is 68.3 Å². The van der Waals surface area contributed by atoms with Gasteiger partial charge in [-0.3, -0.25) is 14.6 Å². The number of ether oxygens (including phenoxy) is 1. The maximum atomic E-state index is 13.8. The minimum Gasteiger partial charge on any atom is -0.469 e. The Balaban J connectivity index is 1.49. The van der Waals surface area contributed by atoms with Gasteiger partial charge in [-0.1, -0.05) is 103 Å². The molecule has 2 unspecified atom stereocenters. The van der Waals surface area contributed by atoms with Gasteiger partial charge in [-0.05, 0) is 23.3 Å². The summed E-state index contributed by atoms with van der Waals surface area (Å²) in [6.07, 6.45) is 9.59. The second-order valence-corrected chi connectivity index (χ2v) is 9.14. The fourth-order valence-corrected chi connectivity index (χ4v) is 5.09. The van der Waals surface area contributed by atoms with Crippen molar-refractivity contribution >= 4 is 40.6 Å².